The minimum atomic E-state index is -0.843. The van der Waals surface area contributed by atoms with Crippen molar-refractivity contribution in [2.45, 2.75) is 44.9 Å². The number of likely N-dealkylation sites (tertiary alicyclic amines) is 1. The summed E-state index contributed by atoms with van der Waals surface area (Å²) in [6, 6.07) is 9.10. The van der Waals surface area contributed by atoms with Gasteiger partial charge in [-0.1, -0.05) is 25.1 Å². The molecule has 1 heterocycles. The molecular formula is C20H28N2O5. The smallest absolute Gasteiger partial charge is 0.317 e. The molecule has 2 aliphatic rings. The Balaban J connectivity index is 1.61. The van der Waals surface area contributed by atoms with E-state index in [0.717, 1.165) is 5.75 Å². The fourth-order valence-corrected chi connectivity index (χ4v) is 3.86. The zero-order valence-corrected chi connectivity index (χ0v) is 15.8. The molecule has 2 fully saturated rings. The fourth-order valence-electron chi connectivity index (χ4n) is 3.86. The average Bonchev–Trinajstić information content (AvgIpc) is 2.65. The maximum Gasteiger partial charge on any atom is 0.317 e. The van der Waals surface area contributed by atoms with Gasteiger partial charge in [-0.2, -0.15) is 0 Å². The molecule has 5 atom stereocenters. The van der Waals surface area contributed by atoms with Crippen LogP contribution in [0, 0.1) is 11.8 Å². The van der Waals surface area contributed by atoms with E-state index in [1.165, 1.54) is 0 Å². The number of benzene rings is 1. The van der Waals surface area contributed by atoms with Gasteiger partial charge in [-0.15, -0.1) is 0 Å². The van der Waals surface area contributed by atoms with Crippen molar-refractivity contribution in [1.82, 2.24) is 10.2 Å². The van der Waals surface area contributed by atoms with E-state index in [1.54, 1.807) is 4.90 Å². The Hall–Kier alpha value is -2.28. The van der Waals surface area contributed by atoms with Crippen molar-refractivity contribution in [2.24, 2.45) is 11.8 Å². The summed E-state index contributed by atoms with van der Waals surface area (Å²) in [7, 11) is 0. The highest BCUT2D eigenvalue weighted by atomic mass is 16.5. The molecule has 1 aliphatic heterocycles. The van der Waals surface area contributed by atoms with E-state index in [-0.39, 0.29) is 36.7 Å². The predicted octanol–water partition coefficient (Wildman–Crippen LogP) is 2.36. The lowest BCUT2D eigenvalue weighted by Crippen LogP contribution is -2.64. The SMILES string of the molecule is CCOC1CC(NC(=O)N2CC(C)CC(C(=O)O)C2)C1Oc1ccccc1. The molecule has 1 aromatic carbocycles. The van der Waals surface area contributed by atoms with Crippen LogP contribution < -0.4 is 10.1 Å². The highest BCUT2D eigenvalue weighted by molar-refractivity contribution is 5.77. The molecule has 1 aliphatic carbocycles. The fraction of sp³-hybridized carbons (Fsp3) is 0.600. The van der Waals surface area contributed by atoms with Crippen LogP contribution in [0.2, 0.25) is 0 Å². The van der Waals surface area contributed by atoms with Gasteiger partial charge in [0.05, 0.1) is 18.1 Å². The van der Waals surface area contributed by atoms with Crippen LogP contribution in [-0.4, -0.2) is 60.0 Å². The van der Waals surface area contributed by atoms with Crippen LogP contribution in [0.5, 0.6) is 5.75 Å². The van der Waals surface area contributed by atoms with Gasteiger partial charge >= 0.3 is 12.0 Å². The van der Waals surface area contributed by atoms with Crippen LogP contribution in [0.4, 0.5) is 4.79 Å². The molecule has 0 bridgehead atoms. The topological polar surface area (TPSA) is 88.1 Å². The summed E-state index contributed by atoms with van der Waals surface area (Å²) in [5.74, 6) is -0.443. The molecular weight excluding hydrogens is 348 g/mol. The Morgan fingerprint density at radius 1 is 1.22 bits per heavy atom. The van der Waals surface area contributed by atoms with E-state index in [1.807, 2.05) is 44.2 Å². The first-order valence-electron chi connectivity index (χ1n) is 9.59. The van der Waals surface area contributed by atoms with Crippen LogP contribution in [0.25, 0.3) is 0 Å². The number of urea groups is 1. The molecule has 7 heteroatoms. The van der Waals surface area contributed by atoms with Crippen LogP contribution in [0.3, 0.4) is 0 Å². The number of carbonyl (C=O) groups excluding carboxylic acids is 1. The van der Waals surface area contributed by atoms with Gasteiger partial charge in [0.15, 0.2) is 0 Å². The Labute approximate surface area is 159 Å². The lowest BCUT2D eigenvalue weighted by Gasteiger charge is -2.45. The van der Waals surface area contributed by atoms with Gasteiger partial charge in [-0.25, -0.2) is 4.79 Å². The van der Waals surface area contributed by atoms with Gasteiger partial charge in [0.2, 0.25) is 0 Å². The summed E-state index contributed by atoms with van der Waals surface area (Å²) < 4.78 is 11.8. The van der Waals surface area contributed by atoms with Gasteiger partial charge < -0.3 is 24.8 Å². The van der Waals surface area contributed by atoms with Gasteiger partial charge in [-0.05, 0) is 31.4 Å². The number of aliphatic carboxylic acids is 1. The van der Waals surface area contributed by atoms with Gasteiger partial charge in [-0.3, -0.25) is 4.79 Å². The summed E-state index contributed by atoms with van der Waals surface area (Å²) in [6.45, 7) is 5.32. The summed E-state index contributed by atoms with van der Waals surface area (Å²) in [5, 5.41) is 12.3. The number of piperidine rings is 1. The van der Waals surface area contributed by atoms with Gasteiger partial charge in [0.25, 0.3) is 0 Å². The van der Waals surface area contributed by atoms with E-state index in [4.69, 9.17) is 9.47 Å². The monoisotopic (exact) mass is 376 g/mol. The number of hydrogen-bond acceptors (Lipinski definition) is 4. The quantitative estimate of drug-likeness (QED) is 0.796. The summed E-state index contributed by atoms with van der Waals surface area (Å²) >= 11 is 0. The number of carbonyl (C=O) groups is 2. The number of hydrogen-bond donors (Lipinski definition) is 2. The maximum atomic E-state index is 12.7. The number of para-hydroxylation sites is 1. The molecule has 1 aromatic rings. The minimum Gasteiger partial charge on any atom is -0.486 e. The zero-order chi connectivity index (χ0) is 19.4. The normalized spacial score (nSPS) is 30.3. The molecule has 148 valence electrons. The van der Waals surface area contributed by atoms with Crippen molar-refractivity contribution in [3.8, 4) is 5.75 Å². The summed E-state index contributed by atoms with van der Waals surface area (Å²) in [6.07, 6.45) is 0.971. The van der Waals surface area contributed by atoms with Crippen LogP contribution in [0.1, 0.15) is 26.7 Å². The third-order valence-electron chi connectivity index (χ3n) is 5.25. The lowest BCUT2D eigenvalue weighted by molar-refractivity contribution is -0.143. The molecule has 1 saturated heterocycles. The predicted molar refractivity (Wildman–Crippen MR) is 99.7 cm³/mol. The van der Waals surface area contributed by atoms with Crippen molar-refractivity contribution in [1.29, 1.82) is 0 Å². The number of ether oxygens (including phenoxy) is 2. The lowest BCUT2D eigenvalue weighted by atomic mass is 9.85. The van der Waals surface area contributed by atoms with E-state index >= 15 is 0 Å². The second-order valence-electron chi connectivity index (χ2n) is 7.46. The summed E-state index contributed by atoms with van der Waals surface area (Å²) in [5.41, 5.74) is 0. The van der Waals surface area contributed by atoms with Crippen molar-refractivity contribution in [3.63, 3.8) is 0 Å². The second kappa shape index (κ2) is 8.61. The molecule has 7 nitrogen and oxygen atoms in total. The van der Waals surface area contributed by atoms with E-state index in [0.29, 0.717) is 26.0 Å². The molecule has 2 amide bonds. The molecule has 5 unspecified atom stereocenters. The third kappa shape index (κ3) is 4.71. The molecule has 3 rings (SSSR count). The Morgan fingerprint density at radius 2 is 1.96 bits per heavy atom. The minimum absolute atomic E-state index is 0.0625. The van der Waals surface area contributed by atoms with E-state index in [9.17, 15) is 14.7 Å². The van der Waals surface area contributed by atoms with Crippen molar-refractivity contribution in [2.75, 3.05) is 19.7 Å². The van der Waals surface area contributed by atoms with Crippen molar-refractivity contribution >= 4 is 12.0 Å². The van der Waals surface area contributed by atoms with Gasteiger partial charge in [0.1, 0.15) is 11.9 Å². The first-order valence-corrected chi connectivity index (χ1v) is 9.59. The average molecular weight is 376 g/mol. The number of carboxylic acids is 1. The highest BCUT2D eigenvalue weighted by Gasteiger charge is 2.45. The number of nitrogens with zero attached hydrogens (tertiary/aromatic N) is 1. The molecule has 0 aromatic heterocycles. The summed E-state index contributed by atoms with van der Waals surface area (Å²) in [4.78, 5) is 25.6. The van der Waals surface area contributed by atoms with Crippen LogP contribution in [0.15, 0.2) is 30.3 Å². The number of amides is 2. The Kier molecular flexibility index (Phi) is 6.21. The van der Waals surface area contributed by atoms with E-state index < -0.39 is 11.9 Å². The highest BCUT2D eigenvalue weighted by Crippen LogP contribution is 2.30. The first kappa shape index (κ1) is 19.5. The van der Waals surface area contributed by atoms with Crippen LogP contribution in [-0.2, 0) is 9.53 Å². The first-order chi connectivity index (χ1) is 13.0. The molecule has 0 radical (unpaired) electrons. The third-order valence-corrected chi connectivity index (χ3v) is 5.25. The molecule has 27 heavy (non-hydrogen) atoms. The molecule has 2 N–H and O–H groups in total. The maximum absolute atomic E-state index is 12.7. The molecule has 0 spiro atoms. The largest absolute Gasteiger partial charge is 0.486 e. The van der Waals surface area contributed by atoms with Crippen LogP contribution >= 0.6 is 0 Å². The van der Waals surface area contributed by atoms with Crippen molar-refractivity contribution in [3.05, 3.63) is 30.3 Å². The number of nitrogens with one attached hydrogen (secondary N) is 1. The number of rotatable bonds is 6. The van der Waals surface area contributed by atoms with Gasteiger partial charge in [0, 0.05) is 26.1 Å². The number of carboxylic acid groups (broad SMARTS) is 1. The Morgan fingerprint density at radius 3 is 2.63 bits per heavy atom. The molecule has 1 saturated carbocycles. The zero-order valence-electron chi connectivity index (χ0n) is 15.8. The Bertz CT molecular complexity index is 653. The van der Waals surface area contributed by atoms with E-state index in [2.05, 4.69) is 5.32 Å². The standard InChI is InChI=1S/C20H28N2O5/c1-3-26-17-10-16(18(17)27-15-7-5-4-6-8-15)21-20(25)22-11-13(2)9-14(12-22)19(23)24/h4-8,13-14,16-18H,3,9-12H2,1-2H3,(H,21,25)(H,23,24). The van der Waals surface area contributed by atoms with Crippen molar-refractivity contribution < 1.29 is 24.2 Å². The second-order valence-corrected chi connectivity index (χ2v) is 7.46.